The second-order valence-electron chi connectivity index (χ2n) is 3.36. The van der Waals surface area contributed by atoms with Crippen molar-refractivity contribution in [3.63, 3.8) is 0 Å². The minimum Gasteiger partial charge on any atom is -0.373 e. The maximum Gasteiger partial charge on any atom is 0.188 e. The van der Waals surface area contributed by atoms with Crippen LogP contribution in [0.4, 0.5) is 0 Å². The third kappa shape index (κ3) is 2.37. The van der Waals surface area contributed by atoms with Crippen molar-refractivity contribution in [2.24, 2.45) is 10.7 Å². The lowest BCUT2D eigenvalue weighted by molar-refractivity contribution is 0.0244. The number of ether oxygens (including phenoxy) is 1. The number of nitrogens with zero attached hydrogens (tertiary/aromatic N) is 1. The van der Waals surface area contributed by atoms with Crippen molar-refractivity contribution in [3.8, 4) is 0 Å². The minimum atomic E-state index is -0.0463. The summed E-state index contributed by atoms with van der Waals surface area (Å²) in [5, 5.41) is 3.02. The first-order valence-corrected chi connectivity index (χ1v) is 4.26. The van der Waals surface area contributed by atoms with Gasteiger partial charge in [-0.25, -0.2) is 0 Å². The topological polar surface area (TPSA) is 59.6 Å². The number of aliphatic imine (C=N–C) groups is 1. The highest BCUT2D eigenvalue weighted by atomic mass is 16.5. The van der Waals surface area contributed by atoms with E-state index in [1.807, 2.05) is 0 Å². The lowest BCUT2D eigenvalue weighted by Crippen LogP contribution is -2.43. The zero-order valence-electron chi connectivity index (χ0n) is 7.76. The van der Waals surface area contributed by atoms with Crippen molar-refractivity contribution in [2.45, 2.75) is 25.4 Å². The second-order valence-corrected chi connectivity index (χ2v) is 3.36. The molecule has 0 radical (unpaired) electrons. The predicted octanol–water partition coefficient (Wildman–Crippen LogP) is 0.0896. The molecule has 0 aliphatic carbocycles. The zero-order valence-corrected chi connectivity index (χ0v) is 7.76. The number of rotatable bonds is 2. The molecule has 0 spiro atoms. The molecule has 1 unspecified atom stereocenters. The first kappa shape index (κ1) is 9.32. The number of hydrogen-bond acceptors (Lipinski definition) is 2. The quantitative estimate of drug-likeness (QED) is 0.457. The Morgan fingerprint density at radius 3 is 3.00 bits per heavy atom. The molecular weight excluding hydrogens is 154 g/mol. The van der Waals surface area contributed by atoms with Gasteiger partial charge in [0, 0.05) is 20.2 Å². The predicted molar refractivity (Wildman–Crippen MR) is 49.1 cm³/mol. The van der Waals surface area contributed by atoms with Gasteiger partial charge in [-0.1, -0.05) is 0 Å². The van der Waals surface area contributed by atoms with Crippen LogP contribution in [0.2, 0.25) is 0 Å². The molecule has 0 aromatic rings. The lowest BCUT2D eigenvalue weighted by Gasteiger charge is -2.23. The van der Waals surface area contributed by atoms with Crippen LogP contribution in [-0.2, 0) is 4.74 Å². The van der Waals surface area contributed by atoms with Gasteiger partial charge in [-0.3, -0.25) is 4.99 Å². The lowest BCUT2D eigenvalue weighted by atomic mass is 10.0. The summed E-state index contributed by atoms with van der Waals surface area (Å²) in [5.41, 5.74) is 5.45. The first-order valence-electron chi connectivity index (χ1n) is 4.26. The van der Waals surface area contributed by atoms with Crippen LogP contribution in [0, 0.1) is 0 Å². The molecule has 1 heterocycles. The third-order valence-corrected chi connectivity index (χ3v) is 2.18. The molecular formula is C8H17N3O. The highest BCUT2D eigenvalue weighted by molar-refractivity contribution is 5.77. The van der Waals surface area contributed by atoms with Crippen LogP contribution in [-0.4, -0.2) is 31.8 Å². The monoisotopic (exact) mass is 171 g/mol. The molecule has 4 heteroatoms. The van der Waals surface area contributed by atoms with Crippen LogP contribution >= 0.6 is 0 Å². The molecule has 0 aromatic heterocycles. The summed E-state index contributed by atoms with van der Waals surface area (Å²) in [6.07, 6.45) is 2.23. The number of hydrogen-bond donors (Lipinski definition) is 2. The summed E-state index contributed by atoms with van der Waals surface area (Å²) in [5.74, 6) is 0.478. The van der Waals surface area contributed by atoms with Gasteiger partial charge in [0.05, 0.1) is 5.60 Å². The van der Waals surface area contributed by atoms with Crippen LogP contribution in [0.15, 0.2) is 4.99 Å². The fourth-order valence-corrected chi connectivity index (χ4v) is 1.33. The van der Waals surface area contributed by atoms with Crippen molar-refractivity contribution >= 4 is 5.96 Å². The zero-order chi connectivity index (χ0) is 9.03. The van der Waals surface area contributed by atoms with Crippen LogP contribution in [0.25, 0.3) is 0 Å². The molecule has 1 aliphatic heterocycles. The maximum atomic E-state index is 5.56. The van der Waals surface area contributed by atoms with Crippen molar-refractivity contribution in [1.82, 2.24) is 5.32 Å². The second kappa shape index (κ2) is 3.76. The summed E-state index contributed by atoms with van der Waals surface area (Å²) in [7, 11) is 1.67. The van der Waals surface area contributed by atoms with Gasteiger partial charge in [0.25, 0.3) is 0 Å². The molecule has 0 saturated carbocycles. The number of nitrogens with two attached hydrogens (primary N) is 1. The van der Waals surface area contributed by atoms with Gasteiger partial charge in [0.1, 0.15) is 0 Å². The Hall–Kier alpha value is -0.770. The van der Waals surface area contributed by atoms with Gasteiger partial charge >= 0.3 is 0 Å². The van der Waals surface area contributed by atoms with Crippen LogP contribution < -0.4 is 11.1 Å². The molecule has 1 aliphatic rings. The molecule has 1 rings (SSSR count). The van der Waals surface area contributed by atoms with E-state index < -0.39 is 0 Å². The molecule has 0 bridgehead atoms. The average molecular weight is 171 g/mol. The van der Waals surface area contributed by atoms with Gasteiger partial charge in [-0.15, -0.1) is 0 Å². The van der Waals surface area contributed by atoms with Crippen molar-refractivity contribution in [1.29, 1.82) is 0 Å². The SMILES string of the molecule is CN=C(N)NCC1(C)CCCO1. The Morgan fingerprint density at radius 2 is 2.50 bits per heavy atom. The van der Waals surface area contributed by atoms with Gasteiger partial charge in [0.2, 0.25) is 0 Å². The fraction of sp³-hybridized carbons (Fsp3) is 0.875. The summed E-state index contributed by atoms with van der Waals surface area (Å²) < 4.78 is 5.56. The Morgan fingerprint density at radius 1 is 1.75 bits per heavy atom. The number of nitrogens with one attached hydrogen (secondary N) is 1. The van der Waals surface area contributed by atoms with E-state index in [1.54, 1.807) is 7.05 Å². The van der Waals surface area contributed by atoms with Crippen molar-refractivity contribution in [2.75, 3.05) is 20.2 Å². The van der Waals surface area contributed by atoms with Gasteiger partial charge < -0.3 is 15.8 Å². The molecule has 0 aromatic carbocycles. The van der Waals surface area contributed by atoms with Crippen LogP contribution in [0.3, 0.4) is 0 Å². The van der Waals surface area contributed by atoms with Gasteiger partial charge in [-0.2, -0.15) is 0 Å². The average Bonchev–Trinajstić information content (AvgIpc) is 2.49. The highest BCUT2D eigenvalue weighted by Gasteiger charge is 2.29. The van der Waals surface area contributed by atoms with Crippen molar-refractivity contribution in [3.05, 3.63) is 0 Å². The van der Waals surface area contributed by atoms with E-state index in [-0.39, 0.29) is 5.60 Å². The van der Waals surface area contributed by atoms with E-state index in [2.05, 4.69) is 17.2 Å². The normalized spacial score (nSPS) is 30.7. The van der Waals surface area contributed by atoms with Crippen molar-refractivity contribution < 1.29 is 4.74 Å². The third-order valence-electron chi connectivity index (χ3n) is 2.18. The van der Waals surface area contributed by atoms with E-state index >= 15 is 0 Å². The Labute approximate surface area is 73.2 Å². The molecule has 1 atom stereocenters. The van der Waals surface area contributed by atoms with Crippen LogP contribution in [0.1, 0.15) is 19.8 Å². The van der Waals surface area contributed by atoms with Gasteiger partial charge in [0.15, 0.2) is 5.96 Å². The standard InChI is InChI=1S/C8H17N3O/c1-8(4-3-5-12-8)6-11-7(9)10-2/h3-6H2,1-2H3,(H3,9,10,11). The van der Waals surface area contributed by atoms with E-state index in [4.69, 9.17) is 10.5 Å². The van der Waals surface area contributed by atoms with E-state index in [0.717, 1.165) is 26.0 Å². The summed E-state index contributed by atoms with van der Waals surface area (Å²) in [4.78, 5) is 3.81. The van der Waals surface area contributed by atoms with E-state index in [0.29, 0.717) is 5.96 Å². The molecule has 1 saturated heterocycles. The molecule has 70 valence electrons. The summed E-state index contributed by atoms with van der Waals surface area (Å²) in [6, 6.07) is 0. The van der Waals surface area contributed by atoms with Gasteiger partial charge in [-0.05, 0) is 19.8 Å². The fourth-order valence-electron chi connectivity index (χ4n) is 1.33. The first-order chi connectivity index (χ1) is 5.66. The highest BCUT2D eigenvalue weighted by Crippen LogP contribution is 2.23. The molecule has 0 amide bonds. The molecule has 1 fully saturated rings. The van der Waals surface area contributed by atoms with Crippen LogP contribution in [0.5, 0.6) is 0 Å². The molecule has 12 heavy (non-hydrogen) atoms. The van der Waals surface area contributed by atoms with E-state index in [9.17, 15) is 0 Å². The summed E-state index contributed by atoms with van der Waals surface area (Å²) >= 11 is 0. The Kier molecular flexibility index (Phi) is 2.92. The Bertz CT molecular complexity index is 173. The summed E-state index contributed by atoms with van der Waals surface area (Å²) in [6.45, 7) is 3.70. The minimum absolute atomic E-state index is 0.0463. The molecule has 4 nitrogen and oxygen atoms in total. The van der Waals surface area contributed by atoms with E-state index in [1.165, 1.54) is 0 Å². The molecule has 3 N–H and O–H groups in total. The maximum absolute atomic E-state index is 5.56. The number of guanidine groups is 1. The smallest absolute Gasteiger partial charge is 0.188 e. The largest absolute Gasteiger partial charge is 0.373 e. The Balaban J connectivity index is 2.30.